The first-order chi connectivity index (χ1) is 12.1. The van der Waals surface area contributed by atoms with Gasteiger partial charge in [0.1, 0.15) is 5.75 Å². The Hall–Kier alpha value is -2.80. The summed E-state index contributed by atoms with van der Waals surface area (Å²) in [4.78, 5) is 30.1. The molecule has 0 saturated heterocycles. The van der Waals surface area contributed by atoms with Gasteiger partial charge in [0, 0.05) is 13.2 Å². The highest BCUT2D eigenvalue weighted by atomic mass is 35.5. The second-order valence-electron chi connectivity index (χ2n) is 5.46. The molecule has 2 amide bonds. The zero-order valence-electron chi connectivity index (χ0n) is 13.5. The third-order valence-electron chi connectivity index (χ3n) is 3.77. The lowest BCUT2D eigenvalue weighted by molar-refractivity contribution is -0.127. The molecule has 1 atom stereocenters. The van der Waals surface area contributed by atoms with Gasteiger partial charge in [0.25, 0.3) is 5.91 Å². The molecule has 1 aliphatic heterocycles. The lowest BCUT2D eigenvalue weighted by atomic mass is 10.1. The number of likely N-dealkylation sites (N-methyl/N-ethyl adjacent to an activating group) is 1. The number of carbonyl (C=O) groups is 2. The summed E-state index contributed by atoms with van der Waals surface area (Å²) in [6.45, 7) is 0.323. The molecule has 130 valence electrons. The Balaban J connectivity index is 1.77. The molecule has 0 saturated carbocycles. The first kappa shape index (κ1) is 17.0. The normalized spacial score (nSPS) is 15.8. The molecule has 0 bridgehead atoms. The first-order valence-corrected chi connectivity index (χ1v) is 8.09. The van der Waals surface area contributed by atoms with Crippen LogP contribution in [0.3, 0.4) is 0 Å². The van der Waals surface area contributed by atoms with E-state index in [1.807, 2.05) is 18.2 Å². The third-order valence-corrected chi connectivity index (χ3v) is 4.07. The van der Waals surface area contributed by atoms with Crippen LogP contribution in [0.1, 0.15) is 0 Å². The molecule has 3 rings (SSSR count). The second-order valence-corrected chi connectivity index (χ2v) is 5.82. The molecule has 25 heavy (non-hydrogen) atoms. The molecule has 2 heterocycles. The summed E-state index contributed by atoms with van der Waals surface area (Å²) in [6.07, 6.45) is 0.860. The smallest absolute Gasteiger partial charge is 0.262 e. The predicted molar refractivity (Wildman–Crippen MR) is 95.0 cm³/mol. The van der Waals surface area contributed by atoms with E-state index >= 15 is 0 Å². The minimum absolute atomic E-state index is 0.0547. The SMILES string of the molecule is CNC(=O)[C@@H]1CN(CC(=O)Nc2cccnc2Cl)c2ccccc2O1. The molecule has 2 aromatic rings. The molecular weight excluding hydrogens is 344 g/mol. The molecule has 1 aliphatic rings. The van der Waals surface area contributed by atoms with Crippen molar-refractivity contribution < 1.29 is 14.3 Å². The zero-order valence-corrected chi connectivity index (χ0v) is 14.3. The van der Waals surface area contributed by atoms with Crippen molar-refractivity contribution in [3.05, 3.63) is 47.7 Å². The molecule has 0 aliphatic carbocycles. The molecule has 7 nitrogen and oxygen atoms in total. The number of hydrogen-bond donors (Lipinski definition) is 2. The number of benzene rings is 1. The van der Waals surface area contributed by atoms with E-state index in [4.69, 9.17) is 16.3 Å². The number of aromatic nitrogens is 1. The highest BCUT2D eigenvalue weighted by Crippen LogP contribution is 2.33. The summed E-state index contributed by atoms with van der Waals surface area (Å²) in [7, 11) is 1.55. The van der Waals surface area contributed by atoms with Crippen molar-refractivity contribution in [3.63, 3.8) is 0 Å². The lowest BCUT2D eigenvalue weighted by Gasteiger charge is -2.34. The van der Waals surface area contributed by atoms with Gasteiger partial charge in [-0.25, -0.2) is 4.98 Å². The van der Waals surface area contributed by atoms with Crippen molar-refractivity contribution in [2.24, 2.45) is 0 Å². The maximum atomic E-state index is 12.4. The Morgan fingerprint density at radius 2 is 2.12 bits per heavy atom. The first-order valence-electron chi connectivity index (χ1n) is 7.71. The van der Waals surface area contributed by atoms with E-state index < -0.39 is 6.10 Å². The van der Waals surface area contributed by atoms with Gasteiger partial charge in [0.2, 0.25) is 5.91 Å². The van der Waals surface area contributed by atoms with E-state index in [0.717, 1.165) is 5.69 Å². The molecular formula is C17H17ClN4O3. The molecule has 8 heteroatoms. The summed E-state index contributed by atoms with van der Waals surface area (Å²) in [5, 5.41) is 5.52. The van der Waals surface area contributed by atoms with Crippen molar-refractivity contribution >= 4 is 34.8 Å². The fourth-order valence-electron chi connectivity index (χ4n) is 2.60. The van der Waals surface area contributed by atoms with Gasteiger partial charge < -0.3 is 20.3 Å². The van der Waals surface area contributed by atoms with Crippen LogP contribution in [0.25, 0.3) is 0 Å². The van der Waals surface area contributed by atoms with Gasteiger partial charge in [-0.3, -0.25) is 9.59 Å². The molecule has 0 spiro atoms. The third kappa shape index (κ3) is 3.83. The minimum atomic E-state index is -0.685. The number of ether oxygens (including phenoxy) is 1. The minimum Gasteiger partial charge on any atom is -0.477 e. The van der Waals surface area contributed by atoms with E-state index in [2.05, 4.69) is 15.6 Å². The maximum absolute atomic E-state index is 12.4. The number of fused-ring (bicyclic) bond motifs is 1. The lowest BCUT2D eigenvalue weighted by Crippen LogP contribution is -2.50. The summed E-state index contributed by atoms with van der Waals surface area (Å²) in [5.74, 6) is 0.0621. The topological polar surface area (TPSA) is 83.6 Å². The number of amides is 2. The fourth-order valence-corrected chi connectivity index (χ4v) is 2.76. The van der Waals surface area contributed by atoms with Crippen LogP contribution in [-0.4, -0.2) is 43.0 Å². The molecule has 1 aromatic carbocycles. The van der Waals surface area contributed by atoms with Crippen LogP contribution >= 0.6 is 11.6 Å². The van der Waals surface area contributed by atoms with E-state index in [0.29, 0.717) is 11.4 Å². The second kappa shape index (κ2) is 7.40. The standard InChI is InChI=1S/C17H17ClN4O3/c1-19-17(24)14-9-22(12-6-2-3-7-13(12)25-14)10-15(23)21-11-5-4-8-20-16(11)18/h2-8,14H,9-10H2,1H3,(H,19,24)(H,21,23)/t14-/m0/s1. The number of carbonyl (C=O) groups excluding carboxylic acids is 2. The number of anilines is 2. The van der Waals surface area contributed by atoms with Gasteiger partial charge in [-0.1, -0.05) is 23.7 Å². The van der Waals surface area contributed by atoms with Crippen LogP contribution in [0, 0.1) is 0 Å². The van der Waals surface area contributed by atoms with Crippen molar-refractivity contribution in [1.29, 1.82) is 0 Å². The Bertz CT molecular complexity index is 799. The molecule has 0 fully saturated rings. The van der Waals surface area contributed by atoms with Crippen molar-refractivity contribution in [2.45, 2.75) is 6.10 Å². The number of hydrogen-bond acceptors (Lipinski definition) is 5. The van der Waals surface area contributed by atoms with Crippen molar-refractivity contribution in [2.75, 3.05) is 30.4 Å². The summed E-state index contributed by atoms with van der Waals surface area (Å²) in [6, 6.07) is 10.7. The van der Waals surface area contributed by atoms with Gasteiger partial charge >= 0.3 is 0 Å². The highest BCUT2D eigenvalue weighted by Gasteiger charge is 2.31. The van der Waals surface area contributed by atoms with Crippen LogP contribution in [0.15, 0.2) is 42.6 Å². The Morgan fingerprint density at radius 3 is 2.88 bits per heavy atom. The van der Waals surface area contributed by atoms with Gasteiger partial charge in [0.05, 0.1) is 24.5 Å². The summed E-state index contributed by atoms with van der Waals surface area (Å²) < 4.78 is 5.72. The van der Waals surface area contributed by atoms with Crippen LogP contribution < -0.4 is 20.3 Å². The molecule has 1 aromatic heterocycles. The van der Waals surface area contributed by atoms with Crippen LogP contribution in [0.4, 0.5) is 11.4 Å². The zero-order chi connectivity index (χ0) is 17.8. The van der Waals surface area contributed by atoms with Crippen LogP contribution in [0.2, 0.25) is 5.15 Å². The Labute approximate surface area is 149 Å². The van der Waals surface area contributed by atoms with E-state index in [1.165, 1.54) is 0 Å². The van der Waals surface area contributed by atoms with Crippen LogP contribution in [0.5, 0.6) is 5.75 Å². The molecule has 2 N–H and O–H groups in total. The summed E-state index contributed by atoms with van der Waals surface area (Å²) >= 11 is 5.96. The van der Waals surface area contributed by atoms with Gasteiger partial charge in [-0.15, -0.1) is 0 Å². The number of nitrogens with one attached hydrogen (secondary N) is 2. The van der Waals surface area contributed by atoms with E-state index in [1.54, 1.807) is 36.3 Å². The van der Waals surface area contributed by atoms with Crippen molar-refractivity contribution in [1.82, 2.24) is 10.3 Å². The Morgan fingerprint density at radius 1 is 1.32 bits per heavy atom. The van der Waals surface area contributed by atoms with Crippen molar-refractivity contribution in [3.8, 4) is 5.75 Å². The molecule has 0 unspecified atom stereocenters. The average molecular weight is 361 g/mol. The van der Waals surface area contributed by atoms with Gasteiger partial charge in [-0.2, -0.15) is 0 Å². The quantitative estimate of drug-likeness (QED) is 0.811. The number of rotatable bonds is 4. The number of halogens is 1. The molecule has 0 radical (unpaired) electrons. The van der Waals surface area contributed by atoms with Gasteiger partial charge in [-0.05, 0) is 24.3 Å². The summed E-state index contributed by atoms with van der Waals surface area (Å²) in [5.41, 5.74) is 1.20. The highest BCUT2D eigenvalue weighted by molar-refractivity contribution is 6.32. The average Bonchev–Trinajstić information content (AvgIpc) is 2.62. The monoisotopic (exact) mass is 360 g/mol. The maximum Gasteiger partial charge on any atom is 0.262 e. The van der Waals surface area contributed by atoms with Gasteiger partial charge in [0.15, 0.2) is 11.3 Å². The predicted octanol–water partition coefficient (Wildman–Crippen LogP) is 1.69. The Kier molecular flexibility index (Phi) is 5.04. The number of nitrogens with zero attached hydrogens (tertiary/aromatic N) is 2. The van der Waals surface area contributed by atoms with E-state index in [9.17, 15) is 9.59 Å². The largest absolute Gasteiger partial charge is 0.477 e. The number of para-hydroxylation sites is 2. The van der Waals surface area contributed by atoms with Crippen LogP contribution in [-0.2, 0) is 9.59 Å². The fraction of sp³-hybridized carbons (Fsp3) is 0.235. The van der Waals surface area contributed by atoms with E-state index in [-0.39, 0.29) is 30.1 Å². The number of pyridine rings is 1.